The van der Waals surface area contributed by atoms with Crippen molar-refractivity contribution in [2.24, 2.45) is 49.9 Å². The Morgan fingerprint density at radius 3 is 1.08 bits per heavy atom. The number of hydrogen-bond acceptors (Lipinski definition) is 0. The first-order valence-corrected chi connectivity index (χ1v) is 50.0. The van der Waals surface area contributed by atoms with Crippen LogP contribution in [0.1, 0.15) is 168 Å². The van der Waals surface area contributed by atoms with Crippen LogP contribution in [0.4, 0.5) is 0 Å². The predicted molar refractivity (Wildman–Crippen MR) is 455 cm³/mol. The molecule has 0 saturated heterocycles. The molecule has 8 heteroatoms. The number of rotatable bonds is 13. The van der Waals surface area contributed by atoms with Crippen LogP contribution in [-0.4, -0.2) is 32.3 Å². The Kier molecular flexibility index (Phi) is 19.5. The fourth-order valence-electron chi connectivity index (χ4n) is 12.4. The van der Waals surface area contributed by atoms with Crippen molar-refractivity contribution in [2.45, 2.75) is 235 Å². The van der Waals surface area contributed by atoms with Gasteiger partial charge < -0.3 is 0 Å². The molecule has 0 saturated carbocycles. The molecule has 0 amide bonds. The molecule has 0 radical (unpaired) electrons. The third kappa shape index (κ3) is 23.8. The van der Waals surface area contributed by atoms with Gasteiger partial charge in [-0.1, -0.05) is 255 Å². The van der Waals surface area contributed by atoms with E-state index in [0.29, 0.717) is 16.7 Å². The molecule has 4 heterocycles. The van der Waals surface area contributed by atoms with E-state index in [1.54, 1.807) is 82.9 Å². The van der Waals surface area contributed by atoms with E-state index in [1.807, 2.05) is 108 Å². The molecule has 9 rings (SSSR count). The largest absolute Gasteiger partial charge is 0.212 e. The summed E-state index contributed by atoms with van der Waals surface area (Å²) in [6.45, 7) is 51.5. The number of hydrogen-bond donors (Lipinski definition) is 0. The van der Waals surface area contributed by atoms with Gasteiger partial charge in [-0.2, -0.15) is 0 Å². The molecule has 0 atom stereocenters. The van der Waals surface area contributed by atoms with E-state index < -0.39 is 100 Å². The molecule has 0 fully saturated rings. The van der Waals surface area contributed by atoms with E-state index in [0.717, 1.165) is 61.7 Å². The molecular formula is C93H138N4Si4+4. The fraction of sp³-hybridized carbons (Fsp3) is 0.462. The van der Waals surface area contributed by atoms with Crippen molar-refractivity contribution in [2.75, 3.05) is 0 Å². The smallest absolute Gasteiger partial charge is 0.201 e. The molecule has 542 valence electrons. The molecule has 4 aromatic heterocycles. The summed E-state index contributed by atoms with van der Waals surface area (Å²) < 4.78 is 149. The van der Waals surface area contributed by atoms with Gasteiger partial charge in [-0.15, -0.1) is 0 Å². The zero-order chi connectivity index (χ0) is 90.9. The Hall–Kier alpha value is -6.43. The summed E-state index contributed by atoms with van der Waals surface area (Å²) in [4.78, 5) is 0. The average Bonchev–Trinajstić information content (AvgIpc) is 0.743. The SMILES string of the molecule is [2H]C([2H])([2H])c1c[n+](C)c(-c2ccc([Si](C)(C)C)cc2C)cc1C([2H])([2H])C(C)(C)C.[2H]C([2H])([2H])c1cc(-c2ccc([Si](C)(C)C)cc2C)[n+](C)cc1C([2H])([2H])C(C)(C)C.[2H]C([2H])([2H])c1ccc(-c2cc(-c3ccccc3)c([Si](C)(C)C)cc2C)[n+](C)c1.[2H]C([2H])(c1cc(-c2ccc([Si](C)(C)C)cc2C)[n+](C)cc1C([2H])([2H])C(C)(C)C)C(C)(C)C. The highest BCUT2D eigenvalue weighted by molar-refractivity contribution is 6.90. The maximum atomic E-state index is 9.04. The average molecular weight is 1440 g/mol. The van der Waals surface area contributed by atoms with E-state index in [4.69, 9.17) is 23.3 Å². The van der Waals surface area contributed by atoms with Crippen molar-refractivity contribution in [3.63, 3.8) is 0 Å². The summed E-state index contributed by atoms with van der Waals surface area (Å²) >= 11 is 0. The molecule has 0 bridgehead atoms. The van der Waals surface area contributed by atoms with Crippen LogP contribution in [0.15, 0.2) is 152 Å². The number of benzene rings is 5. The minimum atomic E-state index is -2.40. The quantitative estimate of drug-likeness (QED) is 0.0808. The van der Waals surface area contributed by atoms with Crippen LogP contribution in [0.3, 0.4) is 0 Å². The molecule has 0 aliphatic heterocycles. The third-order valence-electron chi connectivity index (χ3n) is 17.6. The van der Waals surface area contributed by atoms with Gasteiger partial charge in [0.2, 0.25) is 22.8 Å². The van der Waals surface area contributed by atoms with Crippen molar-refractivity contribution in [3.05, 3.63) is 213 Å². The standard InChI is InChI=1S/C26H42NSi.C23H28NSi.2C22H34NSi/c1-19-14-22(28(9,10)11)12-13-23(19)24-15-20(16-25(2,3)4)21(18-27(24)8)17-26(5,6)7;1-17-12-13-22(24(3)16-17)20-15-21(19-10-8-7-9-11-19)23(14-18(20)2)25(4,5)6;1-16-13-21(23(6)15-18(16)14-22(3,4)5)20-11-10-19(12-17(20)2)24(7,8)9;1-16-12-19(24(7,8)9)10-11-20(16)21-13-18(14-22(3,4)5)17(2)15-23(21)6/h12-15,18H,16-17H2,1-11H3;7-16H,1-6H3;2*10-13,15H,14H2,1-9H3/q4*+1/i16D2,17D2;1D3;1D3,14D2;2D3,14D2. The van der Waals surface area contributed by atoms with Crippen molar-refractivity contribution >= 4 is 53.0 Å². The van der Waals surface area contributed by atoms with Gasteiger partial charge in [0, 0.05) is 92.1 Å². The van der Waals surface area contributed by atoms with Gasteiger partial charge in [-0.3, -0.25) is 0 Å². The lowest BCUT2D eigenvalue weighted by Crippen LogP contribution is -2.39. The zero-order valence-electron chi connectivity index (χ0n) is 85.2. The number of pyridine rings is 4. The van der Waals surface area contributed by atoms with Crippen LogP contribution in [0.2, 0.25) is 78.6 Å². The Bertz CT molecular complexity index is 5120. The molecule has 9 aromatic rings. The molecule has 4 nitrogen and oxygen atoms in total. The molecule has 0 aliphatic rings. The first-order chi connectivity index (χ1) is 52.8. The minimum absolute atomic E-state index is 0.0695. The highest BCUT2D eigenvalue weighted by Crippen LogP contribution is 2.34. The number of aromatic nitrogens is 4. The molecule has 0 N–H and O–H groups in total. The zero-order valence-corrected chi connectivity index (χ0v) is 72.2. The summed E-state index contributed by atoms with van der Waals surface area (Å²) in [5, 5.41) is 5.57. The Balaban J connectivity index is 0.000000244. The predicted octanol–water partition coefficient (Wildman–Crippen LogP) is 21.1. The monoisotopic (exact) mass is 1440 g/mol. The number of aryl methyl sites for hydroxylation is 11. The molecule has 0 spiro atoms. The van der Waals surface area contributed by atoms with Crippen molar-refractivity contribution in [1.29, 1.82) is 0 Å². The molecule has 0 unspecified atom stereocenters. The summed E-state index contributed by atoms with van der Waals surface area (Å²) in [5.74, 6) is 0. The molecule has 0 aliphatic carbocycles. The van der Waals surface area contributed by atoms with Crippen LogP contribution < -0.4 is 39.0 Å². The van der Waals surface area contributed by atoms with Gasteiger partial charge in [0.15, 0.2) is 24.8 Å². The van der Waals surface area contributed by atoms with Crippen LogP contribution in [-0.2, 0) is 53.7 Å². The van der Waals surface area contributed by atoms with E-state index in [9.17, 15) is 0 Å². The fourth-order valence-corrected chi connectivity index (χ4v) is 17.7. The summed E-state index contributed by atoms with van der Waals surface area (Å²) in [5.41, 5.74) is 13.8. The lowest BCUT2D eigenvalue weighted by Gasteiger charge is -2.24. The second kappa shape index (κ2) is 32.3. The maximum Gasteiger partial charge on any atom is 0.212 e. The molecular weight excluding hydrogens is 1290 g/mol. The van der Waals surface area contributed by atoms with Gasteiger partial charge in [-0.25, -0.2) is 18.3 Å². The second-order valence-electron chi connectivity index (χ2n) is 36.4. The highest BCUT2D eigenvalue weighted by Gasteiger charge is 2.29. The minimum Gasteiger partial charge on any atom is -0.201 e. The van der Waals surface area contributed by atoms with Crippen molar-refractivity contribution in [1.82, 2.24) is 0 Å². The van der Waals surface area contributed by atoms with Gasteiger partial charge in [0.1, 0.15) is 28.2 Å². The third-order valence-corrected chi connectivity index (χ3v) is 25.8. The van der Waals surface area contributed by atoms with E-state index in [-0.39, 0.29) is 22.3 Å². The first kappa shape index (κ1) is 60.9. The maximum absolute atomic E-state index is 9.04. The normalized spacial score (nSPS) is 15.9. The lowest BCUT2D eigenvalue weighted by molar-refractivity contribution is -0.661. The summed E-state index contributed by atoms with van der Waals surface area (Å²) in [6.07, 6.45) is -0.233. The Labute approximate surface area is 646 Å². The topological polar surface area (TPSA) is 15.5 Å². The first-order valence-electron chi connectivity index (χ1n) is 44.5. The van der Waals surface area contributed by atoms with E-state index in [2.05, 4.69) is 197 Å². The van der Waals surface area contributed by atoms with Crippen LogP contribution >= 0.6 is 0 Å². The van der Waals surface area contributed by atoms with Gasteiger partial charge in [0.25, 0.3) is 0 Å². The van der Waals surface area contributed by atoms with Crippen molar-refractivity contribution in [3.8, 4) is 56.2 Å². The second-order valence-corrected chi connectivity index (χ2v) is 56.6. The highest BCUT2D eigenvalue weighted by atomic mass is 28.3. The van der Waals surface area contributed by atoms with E-state index in [1.165, 1.54) is 37.4 Å². The Morgan fingerprint density at radius 1 is 0.307 bits per heavy atom. The summed E-state index contributed by atoms with van der Waals surface area (Å²) in [6, 6.07) is 43.6. The number of nitrogens with zero attached hydrogens (tertiary/aromatic N) is 4. The van der Waals surface area contributed by atoms with Gasteiger partial charge in [-0.05, 0) is 176 Å². The molecule has 101 heavy (non-hydrogen) atoms. The lowest BCUT2D eigenvalue weighted by atomic mass is 9.81. The van der Waals surface area contributed by atoms with E-state index >= 15 is 0 Å². The van der Waals surface area contributed by atoms with Gasteiger partial charge in [0.05, 0.1) is 32.3 Å². The van der Waals surface area contributed by atoms with Crippen molar-refractivity contribution < 1.29 is 41.6 Å². The Morgan fingerprint density at radius 2 is 0.683 bits per heavy atom. The van der Waals surface area contributed by atoms with Crippen LogP contribution in [0.5, 0.6) is 0 Å². The van der Waals surface area contributed by atoms with Crippen LogP contribution in [0.25, 0.3) is 56.2 Å². The van der Waals surface area contributed by atoms with Gasteiger partial charge >= 0.3 is 0 Å². The summed E-state index contributed by atoms with van der Waals surface area (Å²) in [7, 11) is 1.66. The molecule has 5 aromatic carbocycles. The van der Waals surface area contributed by atoms with Crippen LogP contribution in [0, 0.1) is 69.9 Å².